The molecule has 1 aromatic heterocycles. The number of nitrogens with two attached hydrogens (primary N) is 2. The smallest absolute Gasteiger partial charge is 0.235 e. The molecule has 0 aliphatic heterocycles. The third-order valence-corrected chi connectivity index (χ3v) is 3.86. The minimum atomic E-state index is -0.0806. The number of para-hydroxylation sites is 1. The van der Waals surface area contributed by atoms with Crippen LogP contribution in [0.25, 0.3) is 16.9 Å². The predicted molar refractivity (Wildman–Crippen MR) is 98.9 cm³/mol. The Morgan fingerprint density at radius 1 is 1.04 bits per heavy atom. The number of nitrogens with zero attached hydrogens (tertiary/aromatic N) is 3. The molecular formula is C17H16BrN6+. The Labute approximate surface area is 147 Å². The number of hydrogen-bond acceptors (Lipinski definition) is 2. The molecule has 120 valence electrons. The summed E-state index contributed by atoms with van der Waals surface area (Å²) >= 11 is 3.45. The number of aromatic nitrogens is 2. The third-order valence-electron chi connectivity index (χ3n) is 3.33. The van der Waals surface area contributed by atoms with Gasteiger partial charge < -0.3 is 11.5 Å². The average molecular weight is 384 g/mol. The Bertz CT molecular complexity index is 877. The molecule has 0 aliphatic carbocycles. The van der Waals surface area contributed by atoms with E-state index in [1.54, 1.807) is 6.21 Å². The summed E-state index contributed by atoms with van der Waals surface area (Å²) in [4.78, 5) is 0. The van der Waals surface area contributed by atoms with Crippen molar-refractivity contribution < 1.29 is 4.68 Å². The third kappa shape index (κ3) is 3.69. The van der Waals surface area contributed by atoms with E-state index in [0.29, 0.717) is 0 Å². The zero-order valence-electron chi connectivity index (χ0n) is 12.7. The van der Waals surface area contributed by atoms with Gasteiger partial charge in [0.2, 0.25) is 17.8 Å². The standard InChI is InChI=1S/C17H15BrN6/c18-14-8-6-12(7-9-14)16-13(10-21-22-17(19)20)11-24(23-16)15-4-2-1-3-5-15/h1-11H,(H4,19,20,22)/p+1/b21-10+. The van der Waals surface area contributed by atoms with Crippen LogP contribution in [-0.4, -0.2) is 17.3 Å². The van der Waals surface area contributed by atoms with Crippen LogP contribution in [-0.2, 0) is 0 Å². The van der Waals surface area contributed by atoms with Crippen LogP contribution in [0.5, 0.6) is 0 Å². The first-order valence-electron chi connectivity index (χ1n) is 7.21. The summed E-state index contributed by atoms with van der Waals surface area (Å²) in [7, 11) is 0. The van der Waals surface area contributed by atoms with Crippen molar-refractivity contribution in [3.8, 4) is 16.9 Å². The Hall–Kier alpha value is -2.93. The molecule has 5 N–H and O–H groups in total. The van der Waals surface area contributed by atoms with E-state index in [1.807, 2.05) is 65.5 Å². The highest BCUT2D eigenvalue weighted by Crippen LogP contribution is 2.22. The molecule has 0 unspecified atom stereocenters. The minimum absolute atomic E-state index is 0.0806. The van der Waals surface area contributed by atoms with Gasteiger partial charge in [0.1, 0.15) is 5.69 Å². The van der Waals surface area contributed by atoms with E-state index in [1.165, 1.54) is 0 Å². The number of benzene rings is 2. The van der Waals surface area contributed by atoms with Crippen molar-refractivity contribution in [3.05, 3.63) is 70.8 Å². The number of halogens is 1. The van der Waals surface area contributed by atoms with Crippen molar-refractivity contribution >= 4 is 28.1 Å². The summed E-state index contributed by atoms with van der Waals surface area (Å²) in [5.41, 5.74) is 14.5. The van der Waals surface area contributed by atoms with Gasteiger partial charge >= 0.3 is 0 Å². The molecule has 0 radical (unpaired) electrons. The molecule has 24 heavy (non-hydrogen) atoms. The van der Waals surface area contributed by atoms with Crippen molar-refractivity contribution in [2.24, 2.45) is 21.7 Å². The molecule has 6 nitrogen and oxygen atoms in total. The summed E-state index contributed by atoms with van der Waals surface area (Å²) in [5, 5.41) is 11.0. The first-order chi connectivity index (χ1) is 11.6. The zero-order valence-corrected chi connectivity index (χ0v) is 14.3. The second-order valence-electron chi connectivity index (χ2n) is 5.05. The summed E-state index contributed by atoms with van der Waals surface area (Å²) in [6.45, 7) is 0. The summed E-state index contributed by atoms with van der Waals surface area (Å²) in [6.07, 6.45) is 3.56. The lowest BCUT2D eigenvalue weighted by molar-refractivity contribution is -0.654. The van der Waals surface area contributed by atoms with Crippen molar-refractivity contribution in [1.29, 1.82) is 0 Å². The van der Waals surface area contributed by atoms with Crippen LogP contribution < -0.4 is 16.1 Å². The van der Waals surface area contributed by atoms with Crippen LogP contribution in [0.15, 0.2) is 75.5 Å². The van der Waals surface area contributed by atoms with Crippen LogP contribution in [0.3, 0.4) is 0 Å². The molecule has 0 atom stereocenters. The van der Waals surface area contributed by atoms with E-state index in [2.05, 4.69) is 31.2 Å². The van der Waals surface area contributed by atoms with Crippen molar-refractivity contribution in [2.45, 2.75) is 0 Å². The lowest BCUT2D eigenvalue weighted by Crippen LogP contribution is -2.31. The molecule has 0 fully saturated rings. The number of aromatic amines is 1. The summed E-state index contributed by atoms with van der Waals surface area (Å²) < 4.78 is 2.94. The SMILES string of the molecule is NC(N)=N/N=C/c1c[n+](-c2ccccc2)[nH]c1-c1ccc(Br)cc1. The van der Waals surface area contributed by atoms with Crippen LogP contribution in [0.1, 0.15) is 5.56 Å². The molecule has 0 amide bonds. The molecule has 0 spiro atoms. The monoisotopic (exact) mass is 383 g/mol. The molecule has 7 heteroatoms. The van der Waals surface area contributed by atoms with E-state index in [4.69, 9.17) is 11.5 Å². The molecule has 2 aromatic carbocycles. The first-order valence-corrected chi connectivity index (χ1v) is 8.01. The second kappa shape index (κ2) is 7.10. The van der Waals surface area contributed by atoms with Gasteiger partial charge in [-0.05, 0) is 12.1 Å². The van der Waals surface area contributed by atoms with Crippen LogP contribution >= 0.6 is 15.9 Å². The Balaban J connectivity index is 2.07. The first kappa shape index (κ1) is 15.9. The number of nitrogens with one attached hydrogen (secondary N) is 1. The fourth-order valence-electron chi connectivity index (χ4n) is 2.25. The lowest BCUT2D eigenvalue weighted by atomic mass is 10.1. The van der Waals surface area contributed by atoms with E-state index in [-0.39, 0.29) is 5.96 Å². The van der Waals surface area contributed by atoms with E-state index >= 15 is 0 Å². The Kier molecular flexibility index (Phi) is 4.72. The van der Waals surface area contributed by atoms with E-state index in [9.17, 15) is 0 Å². The maximum Gasteiger partial charge on any atom is 0.235 e. The van der Waals surface area contributed by atoms with E-state index in [0.717, 1.165) is 27.0 Å². The highest BCUT2D eigenvalue weighted by atomic mass is 79.9. The maximum absolute atomic E-state index is 5.31. The van der Waals surface area contributed by atoms with Gasteiger partial charge in [0.05, 0.1) is 11.8 Å². The molecule has 0 bridgehead atoms. The van der Waals surface area contributed by atoms with Gasteiger partial charge in [-0.15, -0.1) is 5.10 Å². The van der Waals surface area contributed by atoms with Gasteiger partial charge in [0.25, 0.3) is 0 Å². The van der Waals surface area contributed by atoms with Gasteiger partial charge in [-0.25, -0.2) is 0 Å². The predicted octanol–water partition coefficient (Wildman–Crippen LogP) is 2.33. The molecule has 3 rings (SSSR count). The highest BCUT2D eigenvalue weighted by Gasteiger charge is 2.16. The van der Waals surface area contributed by atoms with Gasteiger partial charge in [-0.2, -0.15) is 10.2 Å². The summed E-state index contributed by atoms with van der Waals surface area (Å²) in [6, 6.07) is 18.0. The van der Waals surface area contributed by atoms with Gasteiger partial charge in [0.15, 0.2) is 0 Å². The average Bonchev–Trinajstić information content (AvgIpc) is 3.00. The lowest BCUT2D eigenvalue weighted by Gasteiger charge is -1.97. The van der Waals surface area contributed by atoms with Crippen molar-refractivity contribution in [3.63, 3.8) is 0 Å². The van der Waals surface area contributed by atoms with Crippen LogP contribution in [0.2, 0.25) is 0 Å². The number of guanidine groups is 1. The fourth-order valence-corrected chi connectivity index (χ4v) is 2.52. The Morgan fingerprint density at radius 2 is 1.75 bits per heavy atom. The number of H-pyrrole nitrogens is 1. The molecule has 0 saturated heterocycles. The summed E-state index contributed by atoms with van der Waals surface area (Å²) in [5.74, 6) is -0.0806. The van der Waals surface area contributed by atoms with Gasteiger partial charge in [0, 0.05) is 22.2 Å². The molecule has 1 heterocycles. The second-order valence-corrected chi connectivity index (χ2v) is 5.97. The zero-order chi connectivity index (χ0) is 16.9. The van der Waals surface area contributed by atoms with Crippen molar-refractivity contribution in [2.75, 3.05) is 0 Å². The quantitative estimate of drug-likeness (QED) is 0.279. The minimum Gasteiger partial charge on any atom is -0.369 e. The molecule has 3 aromatic rings. The molecule has 0 aliphatic rings. The normalized spacial score (nSPS) is 10.9. The number of hydrogen-bond donors (Lipinski definition) is 3. The van der Waals surface area contributed by atoms with Crippen LogP contribution in [0.4, 0.5) is 0 Å². The maximum atomic E-state index is 5.31. The van der Waals surface area contributed by atoms with Gasteiger partial charge in [-0.1, -0.05) is 50.9 Å². The Morgan fingerprint density at radius 3 is 2.42 bits per heavy atom. The van der Waals surface area contributed by atoms with Crippen LogP contribution in [0, 0.1) is 0 Å². The topological polar surface area (TPSA) is 96.4 Å². The fraction of sp³-hybridized carbons (Fsp3) is 0. The molecular weight excluding hydrogens is 368 g/mol. The molecule has 0 saturated carbocycles. The number of rotatable bonds is 4. The van der Waals surface area contributed by atoms with Gasteiger partial charge in [-0.3, -0.25) is 0 Å². The highest BCUT2D eigenvalue weighted by molar-refractivity contribution is 9.10. The van der Waals surface area contributed by atoms with E-state index < -0.39 is 0 Å². The largest absolute Gasteiger partial charge is 0.369 e. The van der Waals surface area contributed by atoms with Crippen molar-refractivity contribution in [1.82, 2.24) is 5.10 Å².